The number of rotatable bonds is 5. The van der Waals surface area contributed by atoms with Gasteiger partial charge in [-0.1, -0.05) is 12.1 Å². The third-order valence-corrected chi connectivity index (χ3v) is 5.31. The molecule has 0 amide bonds. The van der Waals surface area contributed by atoms with E-state index in [1.54, 1.807) is 43.5 Å². The zero-order valence-corrected chi connectivity index (χ0v) is 15.9. The predicted molar refractivity (Wildman–Crippen MR) is 103 cm³/mol. The van der Waals surface area contributed by atoms with Gasteiger partial charge in [-0.2, -0.15) is 8.42 Å². The van der Waals surface area contributed by atoms with Crippen molar-refractivity contribution >= 4 is 21.2 Å². The molecule has 0 aliphatic heterocycles. The van der Waals surface area contributed by atoms with Gasteiger partial charge in [-0.05, 0) is 48.9 Å². The number of hydrogen-bond donors (Lipinski definition) is 0. The van der Waals surface area contributed by atoms with Crippen LogP contribution in [0, 0.1) is 6.92 Å². The summed E-state index contributed by atoms with van der Waals surface area (Å²) in [6.07, 6.45) is 1.64. The van der Waals surface area contributed by atoms with Crippen LogP contribution < -0.4 is 8.92 Å². The van der Waals surface area contributed by atoms with Gasteiger partial charge >= 0.3 is 10.1 Å². The van der Waals surface area contributed by atoms with Crippen LogP contribution in [-0.2, 0) is 10.1 Å². The van der Waals surface area contributed by atoms with Gasteiger partial charge in [0, 0.05) is 12.3 Å². The first-order valence-electron chi connectivity index (χ1n) is 8.37. The van der Waals surface area contributed by atoms with Crippen molar-refractivity contribution in [1.82, 2.24) is 9.97 Å². The molecule has 8 heteroatoms. The number of pyridine rings is 1. The molecule has 2 heterocycles. The quantitative estimate of drug-likeness (QED) is 0.471. The maximum Gasteiger partial charge on any atom is 0.342 e. The maximum absolute atomic E-state index is 12.7. The van der Waals surface area contributed by atoms with Crippen LogP contribution in [0.4, 0.5) is 0 Å². The molecule has 0 bridgehead atoms. The Balaban J connectivity index is 1.69. The summed E-state index contributed by atoms with van der Waals surface area (Å²) < 4.78 is 41.6. The van der Waals surface area contributed by atoms with Gasteiger partial charge < -0.3 is 13.3 Å². The second kappa shape index (κ2) is 6.97. The molecule has 0 N–H and O–H groups in total. The topological polar surface area (TPSA) is 91.5 Å². The van der Waals surface area contributed by atoms with Crippen molar-refractivity contribution in [3.05, 3.63) is 66.4 Å². The summed E-state index contributed by atoms with van der Waals surface area (Å²) in [7, 11) is -2.69. The van der Waals surface area contributed by atoms with Gasteiger partial charge in [0.15, 0.2) is 5.58 Å². The summed E-state index contributed by atoms with van der Waals surface area (Å²) in [6, 6.07) is 14.9. The Labute approximate surface area is 161 Å². The van der Waals surface area contributed by atoms with E-state index in [4.69, 9.17) is 13.3 Å². The lowest BCUT2D eigenvalue weighted by molar-refractivity contribution is 0.398. The first-order valence-corrected chi connectivity index (χ1v) is 9.78. The number of aromatic nitrogens is 2. The number of fused-ring (bicyclic) bond motifs is 1. The van der Waals surface area contributed by atoms with E-state index < -0.39 is 10.1 Å². The van der Waals surface area contributed by atoms with E-state index in [0.29, 0.717) is 22.7 Å². The van der Waals surface area contributed by atoms with E-state index in [1.807, 2.05) is 6.07 Å². The Morgan fingerprint density at radius 2 is 1.89 bits per heavy atom. The molecule has 0 aliphatic rings. The van der Waals surface area contributed by atoms with Crippen molar-refractivity contribution in [3.8, 4) is 23.1 Å². The van der Waals surface area contributed by atoms with Crippen LogP contribution in [0.2, 0.25) is 0 Å². The third kappa shape index (κ3) is 3.41. The second-order valence-electron chi connectivity index (χ2n) is 6.06. The van der Waals surface area contributed by atoms with Gasteiger partial charge in [0.2, 0.25) is 5.89 Å². The first kappa shape index (κ1) is 18.0. The van der Waals surface area contributed by atoms with E-state index in [1.165, 1.54) is 25.3 Å². The predicted octanol–water partition coefficient (Wildman–Crippen LogP) is 3.97. The van der Waals surface area contributed by atoms with Crippen molar-refractivity contribution in [1.29, 1.82) is 0 Å². The summed E-state index contributed by atoms with van der Waals surface area (Å²) in [5.74, 6) is 0.666. The minimum atomic E-state index is -4.09. The third-order valence-electron chi connectivity index (χ3n) is 4.04. The molecule has 7 nitrogen and oxygen atoms in total. The lowest BCUT2D eigenvalue weighted by atomic mass is 10.2. The van der Waals surface area contributed by atoms with Crippen molar-refractivity contribution in [2.45, 2.75) is 11.8 Å². The molecule has 0 spiro atoms. The van der Waals surface area contributed by atoms with Gasteiger partial charge in [-0.15, -0.1) is 0 Å². The Kier molecular flexibility index (Phi) is 4.48. The van der Waals surface area contributed by atoms with Gasteiger partial charge in [0.05, 0.1) is 7.11 Å². The summed E-state index contributed by atoms with van der Waals surface area (Å²) >= 11 is 0. The van der Waals surface area contributed by atoms with E-state index in [9.17, 15) is 8.42 Å². The molecule has 0 fully saturated rings. The lowest BCUT2D eigenvalue weighted by Crippen LogP contribution is -2.11. The van der Waals surface area contributed by atoms with Crippen LogP contribution in [-0.4, -0.2) is 25.5 Å². The first-order chi connectivity index (χ1) is 13.5. The molecule has 0 unspecified atom stereocenters. The summed E-state index contributed by atoms with van der Waals surface area (Å²) in [4.78, 5) is 8.52. The molecule has 0 radical (unpaired) electrons. The Morgan fingerprint density at radius 3 is 2.64 bits per heavy atom. The molecule has 2 aromatic heterocycles. The van der Waals surface area contributed by atoms with Crippen molar-refractivity contribution in [2.24, 2.45) is 0 Å². The fourth-order valence-electron chi connectivity index (χ4n) is 2.71. The Hall–Kier alpha value is -3.39. The highest BCUT2D eigenvalue weighted by molar-refractivity contribution is 7.87. The van der Waals surface area contributed by atoms with E-state index in [2.05, 4.69) is 9.97 Å². The van der Waals surface area contributed by atoms with Crippen LogP contribution in [0.5, 0.6) is 11.5 Å². The van der Waals surface area contributed by atoms with Gasteiger partial charge in [0.25, 0.3) is 0 Å². The smallest absolute Gasteiger partial charge is 0.342 e. The lowest BCUT2D eigenvalue weighted by Gasteiger charge is -2.11. The number of ether oxygens (including phenoxy) is 1. The number of nitrogens with zero attached hydrogens (tertiary/aromatic N) is 2. The Morgan fingerprint density at radius 1 is 1.04 bits per heavy atom. The number of oxazole rings is 1. The molecule has 0 saturated heterocycles. The van der Waals surface area contributed by atoms with Crippen LogP contribution in [0.1, 0.15) is 5.56 Å². The number of hydrogen-bond acceptors (Lipinski definition) is 7. The molecular weight excluding hydrogens is 380 g/mol. The fourth-order valence-corrected chi connectivity index (χ4v) is 3.88. The second-order valence-corrected chi connectivity index (χ2v) is 7.57. The SMILES string of the molecule is COc1ccc(C)cc1S(=O)(=O)Oc1ccc2nc(-c3ccccn3)oc2c1. The minimum Gasteiger partial charge on any atom is -0.495 e. The molecule has 0 aliphatic carbocycles. The van der Waals surface area contributed by atoms with Crippen LogP contribution in [0.25, 0.3) is 22.7 Å². The summed E-state index contributed by atoms with van der Waals surface area (Å²) in [5.41, 5.74) is 2.31. The molecule has 142 valence electrons. The number of benzene rings is 2. The normalized spacial score (nSPS) is 11.5. The molecule has 0 atom stereocenters. The summed E-state index contributed by atoms with van der Waals surface area (Å²) in [5, 5.41) is 0. The molecule has 0 saturated carbocycles. The monoisotopic (exact) mass is 396 g/mol. The van der Waals surface area contributed by atoms with E-state index in [-0.39, 0.29) is 16.4 Å². The zero-order valence-electron chi connectivity index (χ0n) is 15.1. The molecule has 2 aromatic carbocycles. The average molecular weight is 396 g/mol. The van der Waals surface area contributed by atoms with Crippen LogP contribution >= 0.6 is 0 Å². The average Bonchev–Trinajstić information content (AvgIpc) is 3.12. The molecule has 4 rings (SSSR count). The highest BCUT2D eigenvalue weighted by Crippen LogP contribution is 2.30. The zero-order chi connectivity index (χ0) is 19.7. The van der Waals surface area contributed by atoms with Gasteiger partial charge in [-0.3, -0.25) is 4.98 Å². The van der Waals surface area contributed by atoms with E-state index >= 15 is 0 Å². The molecule has 4 aromatic rings. The number of aryl methyl sites for hydroxylation is 1. The van der Waals surface area contributed by atoms with Crippen molar-refractivity contribution in [2.75, 3.05) is 7.11 Å². The van der Waals surface area contributed by atoms with Crippen LogP contribution in [0.15, 0.2) is 70.1 Å². The summed E-state index contributed by atoms with van der Waals surface area (Å²) in [6.45, 7) is 1.79. The largest absolute Gasteiger partial charge is 0.495 e. The van der Waals surface area contributed by atoms with Crippen molar-refractivity contribution < 1.29 is 21.8 Å². The highest BCUT2D eigenvalue weighted by Gasteiger charge is 2.23. The van der Waals surface area contributed by atoms with Gasteiger partial charge in [-0.25, -0.2) is 4.98 Å². The standard InChI is InChI=1S/C20H16N2O5S/c1-13-6-9-17(25-2)19(11-13)28(23,24)27-14-7-8-15-18(12-14)26-20(22-15)16-5-3-4-10-21-16/h3-12H,1-2H3. The van der Waals surface area contributed by atoms with E-state index in [0.717, 1.165) is 5.56 Å². The Bertz CT molecular complexity index is 1250. The highest BCUT2D eigenvalue weighted by atomic mass is 32.2. The minimum absolute atomic E-state index is 0.0400. The number of methoxy groups -OCH3 is 1. The van der Waals surface area contributed by atoms with Crippen molar-refractivity contribution in [3.63, 3.8) is 0 Å². The maximum atomic E-state index is 12.7. The molecular formula is C20H16N2O5S. The van der Waals surface area contributed by atoms with Crippen LogP contribution in [0.3, 0.4) is 0 Å². The molecule has 28 heavy (non-hydrogen) atoms. The fraction of sp³-hybridized carbons (Fsp3) is 0.100. The van der Waals surface area contributed by atoms with Gasteiger partial charge in [0.1, 0.15) is 27.6 Å².